The van der Waals surface area contributed by atoms with Crippen molar-refractivity contribution in [2.45, 2.75) is 31.8 Å². The average molecular weight is 243 g/mol. The molecular weight excluding hydrogens is 226 g/mol. The molecule has 0 aromatic carbocycles. The third-order valence-electron chi connectivity index (χ3n) is 3.33. The first kappa shape index (κ1) is 11.3. The SMILES string of the molecule is c1ccc(Cn2cnnc2C2CCCCN2)nc1. The van der Waals surface area contributed by atoms with Crippen LogP contribution in [0.15, 0.2) is 30.7 Å². The van der Waals surface area contributed by atoms with Crippen molar-refractivity contribution in [2.24, 2.45) is 0 Å². The fraction of sp³-hybridized carbons (Fsp3) is 0.462. The minimum absolute atomic E-state index is 0.338. The van der Waals surface area contributed by atoms with E-state index in [4.69, 9.17) is 0 Å². The second-order valence-electron chi connectivity index (χ2n) is 4.64. The Labute approximate surface area is 106 Å². The van der Waals surface area contributed by atoms with Crippen LogP contribution in [-0.4, -0.2) is 26.3 Å². The third kappa shape index (κ3) is 2.41. The minimum Gasteiger partial charge on any atom is -0.310 e. The second kappa shape index (κ2) is 5.27. The first-order valence-corrected chi connectivity index (χ1v) is 6.44. The van der Waals surface area contributed by atoms with Crippen molar-refractivity contribution in [1.82, 2.24) is 25.1 Å². The Morgan fingerprint density at radius 3 is 3.11 bits per heavy atom. The molecule has 1 aliphatic heterocycles. The zero-order valence-electron chi connectivity index (χ0n) is 10.3. The smallest absolute Gasteiger partial charge is 0.150 e. The summed E-state index contributed by atoms with van der Waals surface area (Å²) in [5, 5.41) is 11.8. The van der Waals surface area contributed by atoms with E-state index in [1.807, 2.05) is 24.4 Å². The van der Waals surface area contributed by atoms with E-state index in [2.05, 4.69) is 25.1 Å². The van der Waals surface area contributed by atoms with Crippen LogP contribution in [0.2, 0.25) is 0 Å². The molecule has 2 aromatic heterocycles. The summed E-state index contributed by atoms with van der Waals surface area (Å²) >= 11 is 0. The third-order valence-corrected chi connectivity index (χ3v) is 3.33. The molecule has 18 heavy (non-hydrogen) atoms. The molecule has 5 heteroatoms. The number of nitrogens with one attached hydrogen (secondary N) is 1. The van der Waals surface area contributed by atoms with E-state index >= 15 is 0 Å². The summed E-state index contributed by atoms with van der Waals surface area (Å²) in [4.78, 5) is 4.34. The summed E-state index contributed by atoms with van der Waals surface area (Å²) in [5.74, 6) is 1.03. The number of aromatic nitrogens is 4. The number of pyridine rings is 1. The monoisotopic (exact) mass is 243 g/mol. The van der Waals surface area contributed by atoms with Crippen molar-refractivity contribution in [1.29, 1.82) is 0 Å². The molecule has 0 saturated carbocycles. The second-order valence-corrected chi connectivity index (χ2v) is 4.64. The molecule has 1 saturated heterocycles. The molecule has 5 nitrogen and oxygen atoms in total. The summed E-state index contributed by atoms with van der Waals surface area (Å²) in [6.07, 6.45) is 7.26. The van der Waals surface area contributed by atoms with Crippen LogP contribution < -0.4 is 5.32 Å². The molecular formula is C13H17N5. The Hall–Kier alpha value is -1.75. The average Bonchev–Trinajstić information content (AvgIpc) is 2.89. The lowest BCUT2D eigenvalue weighted by atomic mass is 10.0. The first-order valence-electron chi connectivity index (χ1n) is 6.44. The molecule has 1 fully saturated rings. The van der Waals surface area contributed by atoms with Gasteiger partial charge in [-0.2, -0.15) is 0 Å². The lowest BCUT2D eigenvalue weighted by molar-refractivity contribution is 0.387. The molecule has 94 valence electrons. The molecule has 0 spiro atoms. The molecule has 1 aliphatic rings. The summed E-state index contributed by atoms with van der Waals surface area (Å²) < 4.78 is 2.09. The van der Waals surface area contributed by atoms with E-state index in [0.717, 1.165) is 31.0 Å². The van der Waals surface area contributed by atoms with E-state index in [-0.39, 0.29) is 0 Å². The van der Waals surface area contributed by atoms with Gasteiger partial charge in [-0.3, -0.25) is 4.98 Å². The normalized spacial score (nSPS) is 19.9. The van der Waals surface area contributed by atoms with Crippen LogP contribution in [0.4, 0.5) is 0 Å². The summed E-state index contributed by atoms with van der Waals surface area (Å²) in [6, 6.07) is 6.30. The largest absolute Gasteiger partial charge is 0.310 e. The van der Waals surface area contributed by atoms with Crippen LogP contribution in [0.5, 0.6) is 0 Å². The first-order chi connectivity index (χ1) is 8.93. The van der Waals surface area contributed by atoms with Crippen LogP contribution in [0.1, 0.15) is 36.8 Å². The van der Waals surface area contributed by atoms with Crippen molar-refractivity contribution in [2.75, 3.05) is 6.54 Å². The fourth-order valence-corrected chi connectivity index (χ4v) is 2.39. The van der Waals surface area contributed by atoms with Gasteiger partial charge in [0.15, 0.2) is 0 Å². The van der Waals surface area contributed by atoms with E-state index in [9.17, 15) is 0 Å². The van der Waals surface area contributed by atoms with Gasteiger partial charge >= 0.3 is 0 Å². The summed E-state index contributed by atoms with van der Waals surface area (Å²) in [5.41, 5.74) is 1.04. The molecule has 0 aliphatic carbocycles. The van der Waals surface area contributed by atoms with E-state index < -0.39 is 0 Å². The molecule has 3 rings (SSSR count). The van der Waals surface area contributed by atoms with E-state index in [1.54, 1.807) is 6.33 Å². The molecule has 0 bridgehead atoms. The Balaban J connectivity index is 1.78. The number of rotatable bonds is 3. The lowest BCUT2D eigenvalue weighted by Crippen LogP contribution is -2.29. The molecule has 2 aromatic rings. The Morgan fingerprint density at radius 2 is 2.33 bits per heavy atom. The minimum atomic E-state index is 0.338. The molecule has 3 heterocycles. The van der Waals surface area contributed by atoms with Crippen molar-refractivity contribution in [3.63, 3.8) is 0 Å². The maximum absolute atomic E-state index is 4.34. The Morgan fingerprint density at radius 1 is 1.33 bits per heavy atom. The molecule has 0 amide bonds. The molecule has 1 atom stereocenters. The Bertz CT molecular complexity index is 487. The van der Waals surface area contributed by atoms with E-state index in [0.29, 0.717) is 6.04 Å². The quantitative estimate of drug-likeness (QED) is 0.888. The zero-order valence-corrected chi connectivity index (χ0v) is 10.3. The van der Waals surface area contributed by atoms with Crippen LogP contribution in [-0.2, 0) is 6.54 Å². The van der Waals surface area contributed by atoms with Gasteiger partial charge in [0.25, 0.3) is 0 Å². The van der Waals surface area contributed by atoms with Crippen molar-refractivity contribution >= 4 is 0 Å². The van der Waals surface area contributed by atoms with Gasteiger partial charge in [-0.1, -0.05) is 12.5 Å². The number of nitrogens with zero attached hydrogens (tertiary/aromatic N) is 4. The highest BCUT2D eigenvalue weighted by Gasteiger charge is 2.20. The van der Waals surface area contributed by atoms with Gasteiger partial charge in [-0.05, 0) is 31.5 Å². The van der Waals surface area contributed by atoms with E-state index in [1.165, 1.54) is 12.8 Å². The van der Waals surface area contributed by atoms with Gasteiger partial charge in [0.05, 0.1) is 18.3 Å². The summed E-state index contributed by atoms with van der Waals surface area (Å²) in [6.45, 7) is 1.81. The van der Waals surface area contributed by atoms with Gasteiger partial charge in [0, 0.05) is 6.20 Å². The van der Waals surface area contributed by atoms with Gasteiger partial charge < -0.3 is 9.88 Å². The maximum atomic E-state index is 4.34. The molecule has 0 radical (unpaired) electrons. The van der Waals surface area contributed by atoms with Crippen molar-refractivity contribution in [3.8, 4) is 0 Å². The standard InChI is InChI=1S/C13H17N5/c1-3-7-14-11(5-1)9-18-10-16-17-13(18)12-6-2-4-8-15-12/h1,3,5,7,10,12,15H,2,4,6,8-9H2. The van der Waals surface area contributed by atoms with Crippen LogP contribution in [0.3, 0.4) is 0 Å². The Kier molecular flexibility index (Phi) is 3.32. The zero-order chi connectivity index (χ0) is 12.2. The van der Waals surface area contributed by atoms with Gasteiger partial charge in [-0.15, -0.1) is 10.2 Å². The van der Waals surface area contributed by atoms with Crippen molar-refractivity contribution in [3.05, 3.63) is 42.2 Å². The molecule has 1 unspecified atom stereocenters. The van der Waals surface area contributed by atoms with Gasteiger partial charge in [0.2, 0.25) is 0 Å². The van der Waals surface area contributed by atoms with Crippen LogP contribution in [0, 0.1) is 0 Å². The highest BCUT2D eigenvalue weighted by atomic mass is 15.3. The summed E-state index contributed by atoms with van der Waals surface area (Å²) in [7, 11) is 0. The topological polar surface area (TPSA) is 55.6 Å². The van der Waals surface area contributed by atoms with Crippen molar-refractivity contribution < 1.29 is 0 Å². The number of hydrogen-bond donors (Lipinski definition) is 1. The predicted octanol–water partition coefficient (Wildman–Crippen LogP) is 1.54. The number of piperidine rings is 1. The maximum Gasteiger partial charge on any atom is 0.150 e. The van der Waals surface area contributed by atoms with Crippen LogP contribution in [0.25, 0.3) is 0 Å². The fourth-order valence-electron chi connectivity index (χ4n) is 2.39. The van der Waals surface area contributed by atoms with Gasteiger partial charge in [-0.25, -0.2) is 0 Å². The van der Waals surface area contributed by atoms with Crippen LogP contribution >= 0.6 is 0 Å². The lowest BCUT2D eigenvalue weighted by Gasteiger charge is -2.23. The number of hydrogen-bond acceptors (Lipinski definition) is 4. The molecule has 1 N–H and O–H groups in total. The highest BCUT2D eigenvalue weighted by Crippen LogP contribution is 2.21. The predicted molar refractivity (Wildman–Crippen MR) is 68.0 cm³/mol. The van der Waals surface area contributed by atoms with Gasteiger partial charge in [0.1, 0.15) is 12.2 Å². The highest BCUT2D eigenvalue weighted by molar-refractivity contribution is 5.06.